The van der Waals surface area contributed by atoms with E-state index in [4.69, 9.17) is 4.74 Å². The lowest BCUT2D eigenvalue weighted by atomic mass is 10.1. The van der Waals surface area contributed by atoms with Crippen molar-refractivity contribution in [3.8, 4) is 0 Å². The number of amides is 2. The highest BCUT2D eigenvalue weighted by atomic mass is 16.5. The predicted molar refractivity (Wildman–Crippen MR) is 102 cm³/mol. The second-order valence-electron chi connectivity index (χ2n) is 7.16. The van der Waals surface area contributed by atoms with Crippen LogP contribution in [0, 0.1) is 0 Å². The van der Waals surface area contributed by atoms with Gasteiger partial charge in [-0.1, -0.05) is 13.3 Å². The topological polar surface area (TPSA) is 70.2 Å². The van der Waals surface area contributed by atoms with E-state index in [1.807, 2.05) is 6.92 Å². The van der Waals surface area contributed by atoms with Gasteiger partial charge in [0.05, 0.1) is 30.3 Å². The number of likely N-dealkylation sites (N-methyl/N-ethyl adjacent to an activating group) is 1. The molecule has 0 spiro atoms. The third kappa shape index (κ3) is 4.36. The number of imide groups is 1. The zero-order valence-electron chi connectivity index (χ0n) is 16.0. The summed E-state index contributed by atoms with van der Waals surface area (Å²) in [6.07, 6.45) is 2.00. The number of ether oxygens (including phenoxy) is 1. The minimum Gasteiger partial charge on any atom is -0.462 e. The molecule has 27 heavy (non-hydrogen) atoms. The molecule has 3 rings (SSSR count). The lowest BCUT2D eigenvalue weighted by Crippen LogP contribution is -2.51. The van der Waals surface area contributed by atoms with Crippen LogP contribution in [0.4, 0.5) is 5.69 Å². The van der Waals surface area contributed by atoms with Crippen molar-refractivity contribution in [2.24, 2.45) is 0 Å². The Bertz CT molecular complexity index is 696. The first-order valence-electron chi connectivity index (χ1n) is 9.58. The summed E-state index contributed by atoms with van der Waals surface area (Å²) >= 11 is 0. The van der Waals surface area contributed by atoms with E-state index in [1.165, 1.54) is 4.90 Å². The summed E-state index contributed by atoms with van der Waals surface area (Å²) in [5.74, 6) is -0.755. The fraction of sp³-hybridized carbons (Fsp3) is 0.550. The van der Waals surface area contributed by atoms with Crippen LogP contribution in [-0.2, 0) is 14.3 Å². The fourth-order valence-electron chi connectivity index (χ4n) is 3.45. The van der Waals surface area contributed by atoms with Gasteiger partial charge in [-0.3, -0.25) is 14.5 Å². The number of nitrogens with zero attached hydrogens (tertiary/aromatic N) is 3. The average Bonchev–Trinajstić information content (AvgIpc) is 2.97. The van der Waals surface area contributed by atoms with Crippen molar-refractivity contribution in [1.82, 2.24) is 9.80 Å². The molecule has 1 aromatic carbocycles. The summed E-state index contributed by atoms with van der Waals surface area (Å²) in [5, 5.41) is 0. The van der Waals surface area contributed by atoms with Crippen molar-refractivity contribution in [3.63, 3.8) is 0 Å². The predicted octanol–water partition coefficient (Wildman–Crippen LogP) is 1.52. The molecule has 2 heterocycles. The normalized spacial score (nSPS) is 21.7. The van der Waals surface area contributed by atoms with Crippen molar-refractivity contribution in [3.05, 3.63) is 29.8 Å². The highest BCUT2D eigenvalue weighted by Gasteiger charge is 2.43. The summed E-state index contributed by atoms with van der Waals surface area (Å²) in [7, 11) is 2.06. The molecule has 1 unspecified atom stereocenters. The number of carbonyl (C=O) groups excluding carboxylic acids is 3. The Hall–Kier alpha value is -2.25. The van der Waals surface area contributed by atoms with Gasteiger partial charge < -0.3 is 9.64 Å². The van der Waals surface area contributed by atoms with Gasteiger partial charge in [0, 0.05) is 26.2 Å². The molecule has 2 saturated heterocycles. The molecule has 2 amide bonds. The molecule has 0 bridgehead atoms. The summed E-state index contributed by atoms with van der Waals surface area (Å²) in [5.41, 5.74) is 0.927. The quantitative estimate of drug-likeness (QED) is 0.428. The number of hydrogen-bond acceptors (Lipinski definition) is 6. The second-order valence-corrected chi connectivity index (χ2v) is 7.16. The van der Waals surface area contributed by atoms with Crippen molar-refractivity contribution in [2.45, 2.75) is 32.2 Å². The molecule has 7 heteroatoms. The van der Waals surface area contributed by atoms with Crippen molar-refractivity contribution in [2.75, 3.05) is 44.7 Å². The van der Waals surface area contributed by atoms with E-state index in [-0.39, 0.29) is 30.2 Å². The van der Waals surface area contributed by atoms with Crippen LogP contribution < -0.4 is 4.90 Å². The minimum atomic E-state index is -0.385. The third-order valence-electron chi connectivity index (χ3n) is 5.19. The van der Waals surface area contributed by atoms with Gasteiger partial charge in [-0.15, -0.1) is 0 Å². The number of hydrogen-bond donors (Lipinski definition) is 0. The van der Waals surface area contributed by atoms with Crippen LogP contribution in [0.2, 0.25) is 0 Å². The number of piperazine rings is 1. The van der Waals surface area contributed by atoms with Crippen LogP contribution in [-0.4, -0.2) is 73.5 Å². The highest BCUT2D eigenvalue weighted by Crippen LogP contribution is 2.26. The fourth-order valence-corrected chi connectivity index (χ4v) is 3.45. The smallest absolute Gasteiger partial charge is 0.338 e. The van der Waals surface area contributed by atoms with Crippen LogP contribution in [0.5, 0.6) is 0 Å². The Balaban J connectivity index is 1.66. The highest BCUT2D eigenvalue weighted by molar-refractivity contribution is 6.22. The number of unbranched alkanes of at least 4 members (excludes halogenated alkanes) is 1. The van der Waals surface area contributed by atoms with Gasteiger partial charge in [0.1, 0.15) is 0 Å². The molecule has 0 saturated carbocycles. The molecule has 0 radical (unpaired) electrons. The zero-order valence-corrected chi connectivity index (χ0v) is 16.0. The van der Waals surface area contributed by atoms with Gasteiger partial charge in [-0.2, -0.15) is 0 Å². The van der Waals surface area contributed by atoms with E-state index in [0.717, 1.165) is 39.0 Å². The molecular formula is C20H27N3O4. The monoisotopic (exact) mass is 373 g/mol. The number of benzene rings is 1. The van der Waals surface area contributed by atoms with Gasteiger partial charge in [0.25, 0.3) is 5.91 Å². The van der Waals surface area contributed by atoms with E-state index in [2.05, 4.69) is 16.8 Å². The first kappa shape index (κ1) is 19.5. The Labute approximate surface area is 159 Å². The van der Waals surface area contributed by atoms with E-state index in [1.54, 1.807) is 24.3 Å². The maximum Gasteiger partial charge on any atom is 0.338 e. The summed E-state index contributed by atoms with van der Waals surface area (Å²) in [6, 6.07) is 6.10. The van der Waals surface area contributed by atoms with Crippen LogP contribution in [0.1, 0.15) is 36.5 Å². The number of esters is 1. The number of anilines is 1. The Morgan fingerprint density at radius 1 is 1.11 bits per heavy atom. The van der Waals surface area contributed by atoms with Crippen LogP contribution in [0.3, 0.4) is 0 Å². The Morgan fingerprint density at radius 2 is 1.78 bits per heavy atom. The first-order chi connectivity index (χ1) is 13.0. The van der Waals surface area contributed by atoms with E-state index >= 15 is 0 Å². The van der Waals surface area contributed by atoms with Gasteiger partial charge in [-0.25, -0.2) is 9.69 Å². The molecule has 2 aliphatic rings. The van der Waals surface area contributed by atoms with Gasteiger partial charge in [0.2, 0.25) is 5.91 Å². The number of carbonyl (C=O) groups is 3. The van der Waals surface area contributed by atoms with Gasteiger partial charge >= 0.3 is 5.97 Å². The zero-order chi connectivity index (χ0) is 19.4. The molecule has 2 aliphatic heterocycles. The number of rotatable bonds is 6. The second kappa shape index (κ2) is 8.63. The van der Waals surface area contributed by atoms with Crippen LogP contribution in [0.25, 0.3) is 0 Å². The standard InChI is InChI=1S/C20H27N3O4/c1-3-4-13-27-20(26)15-5-7-16(8-6-15)23-18(24)14-17(19(23)25)22-11-9-21(2)10-12-22/h5-8,17H,3-4,9-14H2,1-2H3. The summed E-state index contributed by atoms with van der Waals surface area (Å²) in [4.78, 5) is 42.9. The molecule has 7 nitrogen and oxygen atoms in total. The molecule has 2 fully saturated rings. The molecule has 1 atom stereocenters. The molecule has 0 aliphatic carbocycles. The van der Waals surface area contributed by atoms with Crippen molar-refractivity contribution < 1.29 is 19.1 Å². The average molecular weight is 373 g/mol. The van der Waals surface area contributed by atoms with Gasteiger partial charge in [-0.05, 0) is 37.7 Å². The molecule has 0 N–H and O–H groups in total. The molecule has 1 aromatic rings. The van der Waals surface area contributed by atoms with Crippen molar-refractivity contribution >= 4 is 23.5 Å². The maximum absolute atomic E-state index is 12.8. The molecule has 0 aromatic heterocycles. The molecular weight excluding hydrogens is 346 g/mol. The van der Waals surface area contributed by atoms with E-state index in [0.29, 0.717) is 17.9 Å². The SMILES string of the molecule is CCCCOC(=O)c1ccc(N2C(=O)CC(N3CCN(C)CC3)C2=O)cc1. The van der Waals surface area contributed by atoms with Crippen LogP contribution >= 0.6 is 0 Å². The lowest BCUT2D eigenvalue weighted by Gasteiger charge is -2.35. The van der Waals surface area contributed by atoms with Gasteiger partial charge in [0.15, 0.2) is 0 Å². The third-order valence-corrected chi connectivity index (χ3v) is 5.19. The van der Waals surface area contributed by atoms with Crippen molar-refractivity contribution in [1.29, 1.82) is 0 Å². The lowest BCUT2D eigenvalue weighted by molar-refractivity contribution is -0.123. The largest absolute Gasteiger partial charge is 0.462 e. The first-order valence-corrected chi connectivity index (χ1v) is 9.58. The molecule has 146 valence electrons. The minimum absolute atomic E-state index is 0.178. The van der Waals surface area contributed by atoms with Crippen LogP contribution in [0.15, 0.2) is 24.3 Å². The van der Waals surface area contributed by atoms with E-state index < -0.39 is 0 Å². The van der Waals surface area contributed by atoms with E-state index in [9.17, 15) is 14.4 Å². The Morgan fingerprint density at radius 3 is 2.41 bits per heavy atom. The summed E-state index contributed by atoms with van der Waals surface area (Å²) in [6.45, 7) is 5.79. The Kier molecular flexibility index (Phi) is 6.23. The summed E-state index contributed by atoms with van der Waals surface area (Å²) < 4.78 is 5.18. The maximum atomic E-state index is 12.8.